The highest BCUT2D eigenvalue weighted by Gasteiger charge is 2.21. The number of aromatic nitrogens is 2. The van der Waals surface area contributed by atoms with E-state index in [2.05, 4.69) is 22.4 Å². The van der Waals surface area contributed by atoms with Crippen LogP contribution >= 0.6 is 0 Å². The first-order valence-electron chi connectivity index (χ1n) is 7.73. The smallest absolute Gasteiger partial charge is 0.222 e. The van der Waals surface area contributed by atoms with Gasteiger partial charge < -0.3 is 14.6 Å². The molecule has 6 nitrogen and oxygen atoms in total. The van der Waals surface area contributed by atoms with Gasteiger partial charge in [0.25, 0.3) is 0 Å². The number of aryl methyl sites for hydroxylation is 1. The lowest BCUT2D eigenvalue weighted by Crippen LogP contribution is -2.39. The van der Waals surface area contributed by atoms with E-state index in [1.807, 2.05) is 30.2 Å². The molecule has 1 fully saturated rings. The maximum Gasteiger partial charge on any atom is 0.222 e. The number of carbonyl (C=O) groups excluding carboxylic acids is 1. The highest BCUT2D eigenvalue weighted by atomic mass is 16.3. The van der Waals surface area contributed by atoms with Crippen LogP contribution in [0.15, 0.2) is 22.7 Å². The third-order valence-corrected chi connectivity index (χ3v) is 4.01. The van der Waals surface area contributed by atoms with Gasteiger partial charge in [0, 0.05) is 37.7 Å². The summed E-state index contributed by atoms with van der Waals surface area (Å²) < 4.78 is 5.65. The minimum Gasteiger partial charge on any atom is -0.460 e. The summed E-state index contributed by atoms with van der Waals surface area (Å²) in [7, 11) is 0. The second kappa shape index (κ2) is 6.36. The molecule has 1 unspecified atom stereocenters. The molecule has 118 valence electrons. The van der Waals surface area contributed by atoms with Crippen LogP contribution < -0.4 is 5.32 Å². The third-order valence-electron chi connectivity index (χ3n) is 4.01. The van der Waals surface area contributed by atoms with E-state index >= 15 is 0 Å². The quantitative estimate of drug-likeness (QED) is 0.857. The zero-order valence-electron chi connectivity index (χ0n) is 13.1. The Morgan fingerprint density at radius 2 is 2.36 bits per heavy atom. The number of hydrogen-bond donors (Lipinski definition) is 2. The molecule has 0 aromatic carbocycles. The first-order valence-corrected chi connectivity index (χ1v) is 7.73. The normalized spacial score (nSPS) is 16.5. The molecule has 3 heterocycles. The molecule has 0 saturated carbocycles. The minimum absolute atomic E-state index is 0.239. The summed E-state index contributed by atoms with van der Waals surface area (Å²) in [6, 6.07) is 4.12. The lowest BCUT2D eigenvalue weighted by Gasteiger charge is -2.21. The lowest BCUT2D eigenvalue weighted by molar-refractivity contribution is -0.127. The molecule has 6 heteroatoms. The van der Waals surface area contributed by atoms with Crippen LogP contribution in [0.3, 0.4) is 0 Å². The zero-order chi connectivity index (χ0) is 15.5. The van der Waals surface area contributed by atoms with Gasteiger partial charge in [-0.15, -0.1) is 0 Å². The van der Waals surface area contributed by atoms with Crippen molar-refractivity contribution in [3.8, 4) is 11.5 Å². The Labute approximate surface area is 129 Å². The number of carbonyl (C=O) groups is 1. The topological polar surface area (TPSA) is 74.2 Å². The Balaban J connectivity index is 1.58. The van der Waals surface area contributed by atoms with Crippen LogP contribution in [0.25, 0.3) is 11.5 Å². The fraction of sp³-hybridized carbons (Fsp3) is 0.500. The van der Waals surface area contributed by atoms with Crippen molar-refractivity contribution in [3.63, 3.8) is 0 Å². The Morgan fingerprint density at radius 3 is 3.05 bits per heavy atom. The van der Waals surface area contributed by atoms with Crippen LogP contribution in [0.1, 0.15) is 31.1 Å². The van der Waals surface area contributed by atoms with Crippen LogP contribution in [-0.2, 0) is 11.3 Å². The molecule has 0 bridgehead atoms. The first kappa shape index (κ1) is 14.8. The van der Waals surface area contributed by atoms with Crippen molar-refractivity contribution in [1.29, 1.82) is 0 Å². The SMILES string of the molecule is Cc1ccc(-c2[nH]ncc2CNC(C)CN2CCCC2=O)o1. The van der Waals surface area contributed by atoms with E-state index in [0.29, 0.717) is 13.0 Å². The summed E-state index contributed by atoms with van der Waals surface area (Å²) in [5.41, 5.74) is 1.97. The van der Waals surface area contributed by atoms with Crippen LogP contribution in [0.2, 0.25) is 0 Å². The van der Waals surface area contributed by atoms with E-state index in [9.17, 15) is 4.79 Å². The first-order chi connectivity index (χ1) is 10.6. The van der Waals surface area contributed by atoms with Gasteiger partial charge >= 0.3 is 0 Å². The second-order valence-electron chi connectivity index (χ2n) is 5.91. The Kier molecular flexibility index (Phi) is 4.29. The Morgan fingerprint density at radius 1 is 1.50 bits per heavy atom. The van der Waals surface area contributed by atoms with Crippen molar-refractivity contribution in [3.05, 3.63) is 29.7 Å². The number of nitrogens with one attached hydrogen (secondary N) is 2. The number of H-pyrrole nitrogens is 1. The van der Waals surface area contributed by atoms with E-state index in [0.717, 1.165) is 42.3 Å². The molecule has 2 aromatic heterocycles. The summed E-state index contributed by atoms with van der Waals surface area (Å²) in [5.74, 6) is 1.95. The molecular formula is C16H22N4O2. The number of nitrogens with zero attached hydrogens (tertiary/aromatic N) is 2. The van der Waals surface area contributed by atoms with E-state index < -0.39 is 0 Å². The van der Waals surface area contributed by atoms with Gasteiger partial charge in [-0.3, -0.25) is 9.89 Å². The maximum absolute atomic E-state index is 11.7. The van der Waals surface area contributed by atoms with Crippen molar-refractivity contribution in [2.75, 3.05) is 13.1 Å². The van der Waals surface area contributed by atoms with Crippen molar-refractivity contribution >= 4 is 5.91 Å². The fourth-order valence-electron chi connectivity index (χ4n) is 2.80. The second-order valence-corrected chi connectivity index (χ2v) is 5.91. The number of amides is 1. The van der Waals surface area contributed by atoms with Gasteiger partial charge in [0.1, 0.15) is 11.5 Å². The Bertz CT molecular complexity index is 646. The van der Waals surface area contributed by atoms with Gasteiger partial charge in [-0.05, 0) is 32.4 Å². The molecule has 22 heavy (non-hydrogen) atoms. The molecular weight excluding hydrogens is 280 g/mol. The fourth-order valence-corrected chi connectivity index (χ4v) is 2.80. The molecule has 1 atom stereocenters. The molecule has 1 amide bonds. The highest BCUT2D eigenvalue weighted by molar-refractivity contribution is 5.78. The summed E-state index contributed by atoms with van der Waals surface area (Å²) in [6.45, 7) is 6.35. The summed E-state index contributed by atoms with van der Waals surface area (Å²) >= 11 is 0. The lowest BCUT2D eigenvalue weighted by atomic mass is 10.2. The number of likely N-dealkylation sites (tertiary alicyclic amines) is 1. The average molecular weight is 302 g/mol. The molecule has 0 aliphatic carbocycles. The van der Waals surface area contributed by atoms with Gasteiger partial charge in [-0.2, -0.15) is 5.10 Å². The number of furan rings is 1. The molecule has 1 saturated heterocycles. The van der Waals surface area contributed by atoms with E-state index in [1.54, 1.807) is 0 Å². The number of rotatable bonds is 6. The monoisotopic (exact) mass is 302 g/mol. The van der Waals surface area contributed by atoms with Crippen molar-refractivity contribution in [2.45, 2.75) is 39.3 Å². The summed E-state index contributed by atoms with van der Waals surface area (Å²) in [6.07, 6.45) is 3.49. The summed E-state index contributed by atoms with van der Waals surface area (Å²) in [5, 5.41) is 10.6. The van der Waals surface area contributed by atoms with Crippen LogP contribution in [0.5, 0.6) is 0 Å². The molecule has 1 aliphatic rings. The number of aromatic amines is 1. The maximum atomic E-state index is 11.7. The van der Waals surface area contributed by atoms with Crippen molar-refractivity contribution in [1.82, 2.24) is 20.4 Å². The highest BCUT2D eigenvalue weighted by Crippen LogP contribution is 2.23. The predicted octanol–water partition coefficient (Wildman–Crippen LogP) is 2.08. The van der Waals surface area contributed by atoms with Gasteiger partial charge in [0.2, 0.25) is 5.91 Å². The van der Waals surface area contributed by atoms with Crippen molar-refractivity contribution in [2.24, 2.45) is 0 Å². The number of hydrogen-bond acceptors (Lipinski definition) is 4. The minimum atomic E-state index is 0.239. The molecule has 2 N–H and O–H groups in total. The van der Waals surface area contributed by atoms with E-state index in [4.69, 9.17) is 4.42 Å². The van der Waals surface area contributed by atoms with Gasteiger partial charge in [-0.1, -0.05) is 0 Å². The van der Waals surface area contributed by atoms with Crippen LogP contribution in [0.4, 0.5) is 0 Å². The van der Waals surface area contributed by atoms with Crippen LogP contribution in [-0.4, -0.2) is 40.1 Å². The van der Waals surface area contributed by atoms with Crippen molar-refractivity contribution < 1.29 is 9.21 Å². The van der Waals surface area contributed by atoms with Gasteiger partial charge in [-0.25, -0.2) is 0 Å². The Hall–Kier alpha value is -2.08. The predicted molar refractivity (Wildman–Crippen MR) is 83.1 cm³/mol. The van der Waals surface area contributed by atoms with Crippen LogP contribution in [0, 0.1) is 6.92 Å². The third kappa shape index (κ3) is 3.22. The standard InChI is InChI=1S/C16H22N4O2/c1-11(10-20-7-3-4-15(20)21)17-8-13-9-18-19-16(13)14-6-5-12(2)22-14/h5-6,9,11,17H,3-4,7-8,10H2,1-2H3,(H,18,19). The molecule has 0 radical (unpaired) electrons. The largest absolute Gasteiger partial charge is 0.460 e. The molecule has 2 aromatic rings. The molecule has 3 rings (SSSR count). The summed E-state index contributed by atoms with van der Waals surface area (Å²) in [4.78, 5) is 13.6. The average Bonchev–Trinajstić information content (AvgIpc) is 3.19. The van der Waals surface area contributed by atoms with E-state index in [1.165, 1.54) is 0 Å². The van der Waals surface area contributed by atoms with Gasteiger partial charge in [0.05, 0.1) is 6.20 Å². The van der Waals surface area contributed by atoms with E-state index in [-0.39, 0.29) is 11.9 Å². The molecule has 0 spiro atoms. The van der Waals surface area contributed by atoms with Gasteiger partial charge in [0.15, 0.2) is 5.76 Å². The zero-order valence-corrected chi connectivity index (χ0v) is 13.1. The molecule has 1 aliphatic heterocycles.